The number of hydrazone groups is 1. The summed E-state index contributed by atoms with van der Waals surface area (Å²) in [5, 5.41) is 20.3. The van der Waals surface area contributed by atoms with Crippen molar-refractivity contribution >= 4 is 41.4 Å². The van der Waals surface area contributed by atoms with Crippen LogP contribution in [0.2, 0.25) is 10.0 Å². The van der Waals surface area contributed by atoms with Crippen LogP contribution in [0.5, 0.6) is 17.2 Å². The third kappa shape index (κ3) is 7.00. The number of nitrogens with zero attached hydrogens (tertiary/aromatic N) is 1. The molecule has 1 aliphatic heterocycles. The van der Waals surface area contributed by atoms with Crippen LogP contribution >= 0.6 is 23.2 Å². The van der Waals surface area contributed by atoms with Crippen molar-refractivity contribution in [2.45, 2.75) is 26.1 Å². The minimum atomic E-state index is -1.18. The highest BCUT2D eigenvalue weighted by atomic mass is 35.5. The number of carbonyl (C=O) groups excluding carboxylic acids is 2. The Morgan fingerprint density at radius 2 is 1.97 bits per heavy atom. The van der Waals surface area contributed by atoms with Crippen LogP contribution in [0.15, 0.2) is 46.7 Å². The molecule has 2 aromatic carbocycles. The van der Waals surface area contributed by atoms with Crippen LogP contribution in [0.1, 0.15) is 31.0 Å². The van der Waals surface area contributed by atoms with Gasteiger partial charge in [0.05, 0.1) is 43.7 Å². The molecular formula is C25H28Cl2N4O7. The summed E-state index contributed by atoms with van der Waals surface area (Å²) < 4.78 is 21.6. The molecule has 0 aliphatic carbocycles. The summed E-state index contributed by atoms with van der Waals surface area (Å²) in [4.78, 5) is 24.5. The van der Waals surface area contributed by atoms with E-state index in [1.807, 2.05) is 0 Å². The Hall–Kier alpha value is -3.67. The van der Waals surface area contributed by atoms with Crippen LogP contribution in [-0.2, 0) is 9.53 Å². The SMILES string of the molecule is CCOc1cc([C@@H]2NC(=O)NC(C)=C2C(=O)OC)ccc1OC[C@H](O)N/N=C/c1cc(Cl)cc(Cl)c1OC. The van der Waals surface area contributed by atoms with Crippen molar-refractivity contribution in [2.75, 3.05) is 27.4 Å². The predicted molar refractivity (Wildman–Crippen MR) is 142 cm³/mol. The normalized spacial score (nSPS) is 16.0. The summed E-state index contributed by atoms with van der Waals surface area (Å²) >= 11 is 12.2. The number of aliphatic hydroxyl groups is 1. The molecule has 0 bridgehead atoms. The van der Waals surface area contributed by atoms with E-state index in [1.165, 1.54) is 20.4 Å². The molecule has 3 rings (SSSR count). The maximum absolute atomic E-state index is 12.4. The van der Waals surface area contributed by atoms with Gasteiger partial charge in [-0.2, -0.15) is 5.10 Å². The van der Waals surface area contributed by atoms with Crippen LogP contribution in [0, 0.1) is 0 Å². The Bertz CT molecular complexity index is 1250. The lowest BCUT2D eigenvalue weighted by molar-refractivity contribution is -0.136. The Balaban J connectivity index is 1.72. The quantitative estimate of drug-likeness (QED) is 0.140. The van der Waals surface area contributed by atoms with Crippen molar-refractivity contribution in [1.29, 1.82) is 0 Å². The van der Waals surface area contributed by atoms with Crippen LogP contribution in [0.25, 0.3) is 0 Å². The molecule has 4 N–H and O–H groups in total. The van der Waals surface area contributed by atoms with Crippen molar-refractivity contribution in [2.24, 2.45) is 5.10 Å². The van der Waals surface area contributed by atoms with E-state index in [2.05, 4.69) is 21.2 Å². The van der Waals surface area contributed by atoms with E-state index in [1.54, 1.807) is 44.2 Å². The second kappa shape index (κ2) is 13.2. The molecule has 2 atom stereocenters. The highest BCUT2D eigenvalue weighted by Gasteiger charge is 2.32. The number of methoxy groups -OCH3 is 2. The first-order chi connectivity index (χ1) is 18.2. The summed E-state index contributed by atoms with van der Waals surface area (Å²) in [6.07, 6.45) is 0.225. The molecule has 0 radical (unpaired) electrons. The van der Waals surface area contributed by atoms with Gasteiger partial charge in [-0.05, 0) is 43.7 Å². The second-order valence-electron chi connectivity index (χ2n) is 7.93. The second-order valence-corrected chi connectivity index (χ2v) is 8.77. The van der Waals surface area contributed by atoms with Gasteiger partial charge in [0.2, 0.25) is 0 Å². The maximum atomic E-state index is 12.4. The fourth-order valence-corrected chi connectivity index (χ4v) is 4.29. The zero-order valence-corrected chi connectivity index (χ0v) is 22.6. The molecule has 11 nitrogen and oxygen atoms in total. The highest BCUT2D eigenvalue weighted by Crippen LogP contribution is 2.35. The lowest BCUT2D eigenvalue weighted by Crippen LogP contribution is -2.45. The van der Waals surface area contributed by atoms with E-state index >= 15 is 0 Å². The molecule has 0 fully saturated rings. The number of rotatable bonds is 11. The fourth-order valence-electron chi connectivity index (χ4n) is 3.71. The number of urea groups is 1. The number of carbonyl (C=O) groups is 2. The number of hydrogen-bond acceptors (Lipinski definition) is 9. The molecule has 0 aromatic heterocycles. The molecule has 1 aliphatic rings. The summed E-state index contributed by atoms with van der Waals surface area (Å²) in [6.45, 7) is 3.56. The van der Waals surface area contributed by atoms with E-state index in [0.29, 0.717) is 50.7 Å². The molecule has 38 heavy (non-hydrogen) atoms. The number of allylic oxidation sites excluding steroid dienone is 1. The van der Waals surface area contributed by atoms with E-state index in [9.17, 15) is 14.7 Å². The number of aliphatic hydroxyl groups excluding tert-OH is 1. The van der Waals surface area contributed by atoms with Gasteiger partial charge in [0, 0.05) is 16.3 Å². The molecule has 0 saturated carbocycles. The first kappa shape index (κ1) is 28.9. The molecule has 0 spiro atoms. The van der Waals surface area contributed by atoms with Gasteiger partial charge in [-0.1, -0.05) is 29.3 Å². The smallest absolute Gasteiger partial charge is 0.337 e. The van der Waals surface area contributed by atoms with Gasteiger partial charge in [0.25, 0.3) is 0 Å². The van der Waals surface area contributed by atoms with Crippen molar-refractivity contribution < 1.29 is 33.6 Å². The van der Waals surface area contributed by atoms with Gasteiger partial charge in [-0.15, -0.1) is 0 Å². The Kier molecular flexibility index (Phi) is 10.1. The van der Waals surface area contributed by atoms with E-state index in [0.717, 1.165) is 0 Å². The largest absolute Gasteiger partial charge is 0.495 e. The standard InChI is InChI=1S/C25H28Cl2N4O7/c1-5-37-19-9-14(22-21(24(33)36-4)13(2)29-25(34)30-22)6-7-18(19)38-12-20(32)31-28-11-15-8-16(26)10-17(27)23(15)35-3/h6-11,20,22,31-32H,5,12H2,1-4H3,(H2,29,30,34)/b28-11+/t20-,22-/m0/s1. The minimum absolute atomic E-state index is 0.180. The van der Waals surface area contributed by atoms with Crippen LogP contribution in [-0.4, -0.2) is 57.0 Å². The fraction of sp³-hybridized carbons (Fsp3) is 0.320. The molecule has 0 unspecified atom stereocenters. The Morgan fingerprint density at radius 3 is 2.66 bits per heavy atom. The molecule has 204 valence electrons. The third-order valence-electron chi connectivity index (χ3n) is 5.34. The third-order valence-corrected chi connectivity index (χ3v) is 5.84. The van der Waals surface area contributed by atoms with Crippen molar-refractivity contribution in [3.8, 4) is 17.2 Å². The molecule has 13 heteroatoms. The minimum Gasteiger partial charge on any atom is -0.495 e. The summed E-state index contributed by atoms with van der Waals surface area (Å²) in [5.41, 5.74) is 4.28. The van der Waals surface area contributed by atoms with Gasteiger partial charge in [0.1, 0.15) is 12.4 Å². The first-order valence-corrected chi connectivity index (χ1v) is 12.2. The zero-order valence-electron chi connectivity index (χ0n) is 21.1. The van der Waals surface area contributed by atoms with Gasteiger partial charge in [-0.3, -0.25) is 5.43 Å². The first-order valence-electron chi connectivity index (χ1n) is 11.4. The topological polar surface area (TPSA) is 140 Å². The number of amides is 2. The van der Waals surface area contributed by atoms with E-state index < -0.39 is 24.3 Å². The monoisotopic (exact) mass is 566 g/mol. The van der Waals surface area contributed by atoms with Gasteiger partial charge < -0.3 is 34.7 Å². The summed E-state index contributed by atoms with van der Waals surface area (Å²) in [6, 6.07) is 6.89. The van der Waals surface area contributed by atoms with Gasteiger partial charge in [0.15, 0.2) is 17.7 Å². The lowest BCUT2D eigenvalue weighted by Gasteiger charge is -2.28. The van der Waals surface area contributed by atoms with Gasteiger partial charge in [-0.25, -0.2) is 9.59 Å². The number of nitrogens with one attached hydrogen (secondary N) is 3. The molecule has 1 heterocycles. The summed E-state index contributed by atoms with van der Waals surface area (Å²) in [7, 11) is 2.74. The Morgan fingerprint density at radius 1 is 1.21 bits per heavy atom. The Labute approximate surface area is 229 Å². The number of esters is 1. The van der Waals surface area contributed by atoms with Crippen molar-refractivity contribution in [3.05, 3.63) is 62.8 Å². The van der Waals surface area contributed by atoms with Crippen LogP contribution in [0.4, 0.5) is 4.79 Å². The van der Waals surface area contributed by atoms with E-state index in [-0.39, 0.29) is 12.2 Å². The number of ether oxygens (including phenoxy) is 4. The van der Waals surface area contributed by atoms with Gasteiger partial charge >= 0.3 is 12.0 Å². The van der Waals surface area contributed by atoms with Crippen LogP contribution in [0.3, 0.4) is 0 Å². The van der Waals surface area contributed by atoms with Crippen LogP contribution < -0.4 is 30.3 Å². The highest BCUT2D eigenvalue weighted by molar-refractivity contribution is 6.36. The molecule has 0 saturated heterocycles. The predicted octanol–water partition coefficient (Wildman–Crippen LogP) is 3.52. The zero-order chi connectivity index (χ0) is 27.8. The van der Waals surface area contributed by atoms with Crippen molar-refractivity contribution in [3.63, 3.8) is 0 Å². The molecule has 2 amide bonds. The maximum Gasteiger partial charge on any atom is 0.337 e. The average Bonchev–Trinajstić information content (AvgIpc) is 2.87. The molecule has 2 aromatic rings. The van der Waals surface area contributed by atoms with Crippen molar-refractivity contribution in [1.82, 2.24) is 16.1 Å². The summed E-state index contributed by atoms with van der Waals surface area (Å²) in [5.74, 6) is 0.503. The molecular weight excluding hydrogens is 539 g/mol. The van der Waals surface area contributed by atoms with E-state index in [4.69, 9.17) is 42.1 Å². The lowest BCUT2D eigenvalue weighted by atomic mass is 9.95. The average molecular weight is 567 g/mol. The number of benzene rings is 2. The number of halogens is 2. The number of hydrogen-bond donors (Lipinski definition) is 4.